The normalized spacial score (nSPS) is 10.7. The smallest absolute Gasteiger partial charge is 0.408 e. The zero-order chi connectivity index (χ0) is 20.7. The largest absolute Gasteiger partial charge is 0.444 e. The molecule has 0 fully saturated rings. The third-order valence-corrected chi connectivity index (χ3v) is 3.13. The molecule has 1 aromatic carbocycles. The maximum absolute atomic E-state index is 12.0. The number of ether oxygens (including phenoxy) is 1. The molecule has 3 amide bonds. The van der Waals surface area contributed by atoms with Crippen molar-refractivity contribution in [3.8, 4) is 0 Å². The standard InChI is InChI=1S/C18H21N5O5/c1-18(2,3)28-17(27)19-10-15(25)20-11-4-6-12(7-5-11)21-16(26)13-8-9-14(24)23-22-13/h4-9H,10H2,1-3H3,(H,19,27)(H,20,25)(H,21,26)(H,23,24). The van der Waals surface area contributed by atoms with E-state index >= 15 is 0 Å². The number of nitrogens with one attached hydrogen (secondary N) is 4. The molecule has 10 nitrogen and oxygen atoms in total. The van der Waals surface area contributed by atoms with Gasteiger partial charge >= 0.3 is 6.09 Å². The summed E-state index contributed by atoms with van der Waals surface area (Å²) < 4.78 is 5.04. The molecule has 0 unspecified atom stereocenters. The molecule has 2 aromatic rings. The first-order chi connectivity index (χ1) is 13.1. The summed E-state index contributed by atoms with van der Waals surface area (Å²) in [5, 5.41) is 13.4. The summed E-state index contributed by atoms with van der Waals surface area (Å²) >= 11 is 0. The third-order valence-electron chi connectivity index (χ3n) is 3.13. The first kappa shape index (κ1) is 20.6. The van der Waals surface area contributed by atoms with Gasteiger partial charge in [0.25, 0.3) is 11.5 Å². The van der Waals surface area contributed by atoms with Gasteiger partial charge in [-0.2, -0.15) is 5.10 Å². The predicted molar refractivity (Wildman–Crippen MR) is 102 cm³/mol. The Balaban J connectivity index is 1.84. The van der Waals surface area contributed by atoms with E-state index in [1.165, 1.54) is 12.1 Å². The number of aromatic amines is 1. The van der Waals surface area contributed by atoms with E-state index in [2.05, 4.69) is 26.1 Å². The molecule has 0 saturated heterocycles. The van der Waals surface area contributed by atoms with Crippen LogP contribution in [0.3, 0.4) is 0 Å². The van der Waals surface area contributed by atoms with Gasteiger partial charge in [0.15, 0.2) is 0 Å². The molecule has 2 rings (SSSR count). The Morgan fingerprint density at radius 2 is 1.61 bits per heavy atom. The van der Waals surface area contributed by atoms with Crippen LogP contribution in [0.5, 0.6) is 0 Å². The Hall–Kier alpha value is -3.69. The van der Waals surface area contributed by atoms with Crippen LogP contribution in [-0.2, 0) is 9.53 Å². The second-order valence-corrected chi connectivity index (χ2v) is 6.74. The molecule has 4 N–H and O–H groups in total. The number of anilines is 2. The van der Waals surface area contributed by atoms with Crippen molar-refractivity contribution in [1.29, 1.82) is 0 Å². The van der Waals surface area contributed by atoms with Crippen molar-refractivity contribution < 1.29 is 19.1 Å². The van der Waals surface area contributed by atoms with Crippen molar-refractivity contribution in [1.82, 2.24) is 15.5 Å². The third kappa shape index (κ3) is 6.90. The average Bonchev–Trinajstić information content (AvgIpc) is 2.61. The van der Waals surface area contributed by atoms with Crippen LogP contribution >= 0.6 is 0 Å². The molecule has 0 atom stereocenters. The number of benzene rings is 1. The molecule has 10 heteroatoms. The molecular weight excluding hydrogens is 366 g/mol. The lowest BCUT2D eigenvalue weighted by atomic mass is 10.2. The van der Waals surface area contributed by atoms with E-state index in [1.54, 1.807) is 45.0 Å². The van der Waals surface area contributed by atoms with Gasteiger partial charge in [-0.3, -0.25) is 14.4 Å². The number of carbonyl (C=O) groups is 3. The summed E-state index contributed by atoms with van der Waals surface area (Å²) in [4.78, 5) is 46.4. The zero-order valence-electron chi connectivity index (χ0n) is 15.7. The zero-order valence-corrected chi connectivity index (χ0v) is 15.7. The second kappa shape index (κ2) is 8.80. The molecule has 0 saturated carbocycles. The Morgan fingerprint density at radius 1 is 1.00 bits per heavy atom. The van der Waals surface area contributed by atoms with Crippen LogP contribution < -0.4 is 21.5 Å². The number of hydrogen-bond acceptors (Lipinski definition) is 6. The van der Waals surface area contributed by atoms with Gasteiger partial charge in [0.1, 0.15) is 17.8 Å². The van der Waals surface area contributed by atoms with Crippen LogP contribution in [0, 0.1) is 0 Å². The fraction of sp³-hybridized carbons (Fsp3) is 0.278. The summed E-state index contributed by atoms with van der Waals surface area (Å²) in [5.41, 5.74) is -0.0344. The highest BCUT2D eigenvalue weighted by molar-refractivity contribution is 6.03. The molecule has 0 aliphatic heterocycles. The van der Waals surface area contributed by atoms with Crippen LogP contribution in [0.2, 0.25) is 0 Å². The van der Waals surface area contributed by atoms with Gasteiger partial charge in [0, 0.05) is 17.4 Å². The van der Waals surface area contributed by atoms with Crippen LogP contribution in [0.4, 0.5) is 16.2 Å². The van der Waals surface area contributed by atoms with Crippen molar-refractivity contribution >= 4 is 29.3 Å². The fourth-order valence-corrected chi connectivity index (χ4v) is 1.97. The Labute approximate surface area is 160 Å². The van der Waals surface area contributed by atoms with Gasteiger partial charge in [-0.15, -0.1) is 0 Å². The lowest BCUT2D eigenvalue weighted by Crippen LogP contribution is -2.37. The first-order valence-corrected chi connectivity index (χ1v) is 8.36. The fourth-order valence-electron chi connectivity index (χ4n) is 1.97. The average molecular weight is 387 g/mol. The number of alkyl carbamates (subject to hydrolysis) is 1. The summed E-state index contributed by atoms with van der Waals surface area (Å²) in [7, 11) is 0. The van der Waals surface area contributed by atoms with E-state index in [0.717, 1.165) is 0 Å². The van der Waals surface area contributed by atoms with E-state index in [4.69, 9.17) is 4.74 Å². The Morgan fingerprint density at radius 3 is 2.14 bits per heavy atom. The maximum atomic E-state index is 12.0. The number of H-pyrrole nitrogens is 1. The number of rotatable bonds is 5. The number of amides is 3. The monoisotopic (exact) mass is 387 g/mol. The van der Waals surface area contributed by atoms with E-state index < -0.39 is 29.1 Å². The van der Waals surface area contributed by atoms with Crippen molar-refractivity contribution in [3.05, 3.63) is 52.4 Å². The lowest BCUT2D eigenvalue weighted by Gasteiger charge is -2.19. The number of aromatic nitrogens is 2. The van der Waals surface area contributed by atoms with Gasteiger partial charge in [0.05, 0.1) is 0 Å². The number of nitrogens with zero attached hydrogens (tertiary/aromatic N) is 1. The van der Waals surface area contributed by atoms with E-state index in [-0.39, 0.29) is 12.2 Å². The minimum absolute atomic E-state index is 0.0604. The molecule has 0 radical (unpaired) electrons. The highest BCUT2D eigenvalue weighted by atomic mass is 16.6. The molecule has 148 valence electrons. The maximum Gasteiger partial charge on any atom is 0.408 e. The molecule has 28 heavy (non-hydrogen) atoms. The minimum Gasteiger partial charge on any atom is -0.444 e. The quantitative estimate of drug-likeness (QED) is 0.612. The molecule has 1 aromatic heterocycles. The number of carbonyl (C=O) groups excluding carboxylic acids is 3. The minimum atomic E-state index is -0.684. The number of hydrogen-bond donors (Lipinski definition) is 4. The predicted octanol–water partition coefficient (Wildman–Crippen LogP) is 1.49. The van der Waals surface area contributed by atoms with Crippen LogP contribution in [-0.4, -0.2) is 40.3 Å². The SMILES string of the molecule is CC(C)(C)OC(=O)NCC(=O)Nc1ccc(NC(=O)c2ccc(=O)[nH]n2)cc1. The Bertz CT molecular complexity index is 895. The topological polar surface area (TPSA) is 142 Å². The van der Waals surface area contributed by atoms with Crippen molar-refractivity contribution in [3.63, 3.8) is 0 Å². The van der Waals surface area contributed by atoms with E-state index in [0.29, 0.717) is 11.4 Å². The van der Waals surface area contributed by atoms with Gasteiger partial charge in [0.2, 0.25) is 5.91 Å². The molecule has 0 bridgehead atoms. The molecule has 0 aliphatic rings. The lowest BCUT2D eigenvalue weighted by molar-refractivity contribution is -0.115. The van der Waals surface area contributed by atoms with Crippen LogP contribution in [0.25, 0.3) is 0 Å². The van der Waals surface area contributed by atoms with E-state index in [1.807, 2.05) is 0 Å². The molecular formula is C18H21N5O5. The van der Waals surface area contributed by atoms with Crippen molar-refractivity contribution in [2.24, 2.45) is 0 Å². The Kier molecular flexibility index (Phi) is 6.48. The van der Waals surface area contributed by atoms with Crippen molar-refractivity contribution in [2.75, 3.05) is 17.2 Å². The second-order valence-electron chi connectivity index (χ2n) is 6.74. The van der Waals surface area contributed by atoms with Crippen LogP contribution in [0.15, 0.2) is 41.2 Å². The summed E-state index contributed by atoms with van der Waals surface area (Å²) in [6.45, 7) is 4.92. The summed E-state index contributed by atoms with van der Waals surface area (Å²) in [6.07, 6.45) is -0.684. The van der Waals surface area contributed by atoms with Gasteiger partial charge < -0.3 is 20.7 Å². The molecule has 0 spiro atoms. The van der Waals surface area contributed by atoms with Gasteiger partial charge in [-0.05, 0) is 51.1 Å². The van der Waals surface area contributed by atoms with Crippen LogP contribution in [0.1, 0.15) is 31.3 Å². The first-order valence-electron chi connectivity index (χ1n) is 8.36. The highest BCUT2D eigenvalue weighted by Crippen LogP contribution is 2.14. The van der Waals surface area contributed by atoms with Crippen molar-refractivity contribution in [2.45, 2.75) is 26.4 Å². The van der Waals surface area contributed by atoms with Gasteiger partial charge in [-0.25, -0.2) is 9.89 Å². The molecule has 1 heterocycles. The van der Waals surface area contributed by atoms with E-state index in [9.17, 15) is 19.2 Å². The summed E-state index contributed by atoms with van der Waals surface area (Å²) in [5.74, 6) is -0.922. The van der Waals surface area contributed by atoms with Gasteiger partial charge in [-0.1, -0.05) is 0 Å². The highest BCUT2D eigenvalue weighted by Gasteiger charge is 2.16. The molecule has 0 aliphatic carbocycles. The summed E-state index contributed by atoms with van der Waals surface area (Å²) in [6, 6.07) is 8.84.